The standard InChI is InChI=1S/C50H71N5O13/c1-7-9-13-23-40(24-14-10-8-2)47(59)52-43(48(60)51-42(49(61)66-30-39-21-17-12-18-22-39)27-45(58)65-29-38-19-15-11-16-20-38)32-62-31-41-28-55(54-53-41)25-26-63-50-46(67-37(6)57)35(4)34(3)44(68-50)33-64-36(5)56/h11-12,15-22,28,34-35,40,42-44,46,50H,7-10,13-14,23-27,29-33H2,1-6H3,(H,51,60)(H,52,59)/t34-,35-,42+,43-,44?,46?,50+/m0/s1. The van der Waals surface area contributed by atoms with E-state index >= 15 is 0 Å². The lowest BCUT2D eigenvalue weighted by atomic mass is 9.83. The highest BCUT2D eigenvalue weighted by molar-refractivity contribution is 5.92. The molecule has 3 aromatic rings. The maximum absolute atomic E-state index is 14.2. The Morgan fingerprint density at radius 2 is 1.35 bits per heavy atom. The van der Waals surface area contributed by atoms with Crippen LogP contribution in [0.4, 0.5) is 0 Å². The molecule has 1 aliphatic heterocycles. The van der Waals surface area contributed by atoms with E-state index in [2.05, 4.69) is 34.8 Å². The number of hydrogen-bond acceptors (Lipinski definition) is 15. The van der Waals surface area contributed by atoms with Gasteiger partial charge in [-0.2, -0.15) is 0 Å². The van der Waals surface area contributed by atoms with Gasteiger partial charge in [0.2, 0.25) is 11.8 Å². The summed E-state index contributed by atoms with van der Waals surface area (Å²) in [7, 11) is 0. The van der Waals surface area contributed by atoms with Crippen LogP contribution >= 0.6 is 0 Å². The van der Waals surface area contributed by atoms with E-state index in [1.807, 2.05) is 38.1 Å². The quantitative estimate of drug-likeness (QED) is 0.0449. The summed E-state index contributed by atoms with van der Waals surface area (Å²) in [6.45, 7) is 10.5. The van der Waals surface area contributed by atoms with Gasteiger partial charge >= 0.3 is 23.9 Å². The minimum atomic E-state index is -1.45. The van der Waals surface area contributed by atoms with Crippen molar-refractivity contribution >= 4 is 35.7 Å². The fraction of sp³-hybridized carbons (Fsp3) is 0.600. The zero-order chi connectivity index (χ0) is 49.3. The van der Waals surface area contributed by atoms with E-state index in [1.165, 1.54) is 18.5 Å². The number of carbonyl (C=O) groups excluding carboxylic acids is 6. The molecule has 2 aromatic carbocycles. The third kappa shape index (κ3) is 19.5. The van der Waals surface area contributed by atoms with Crippen LogP contribution in [0.5, 0.6) is 0 Å². The predicted molar refractivity (Wildman–Crippen MR) is 248 cm³/mol. The van der Waals surface area contributed by atoms with Gasteiger partial charge in [-0.05, 0) is 29.9 Å². The van der Waals surface area contributed by atoms with Gasteiger partial charge in [0.25, 0.3) is 0 Å². The van der Waals surface area contributed by atoms with Crippen LogP contribution in [0.1, 0.15) is 116 Å². The Morgan fingerprint density at radius 1 is 0.735 bits per heavy atom. The molecule has 2 unspecified atom stereocenters. The zero-order valence-electron chi connectivity index (χ0n) is 40.4. The number of esters is 4. The molecule has 0 saturated carbocycles. The Morgan fingerprint density at radius 3 is 1.96 bits per heavy atom. The van der Waals surface area contributed by atoms with Gasteiger partial charge in [-0.3, -0.25) is 24.0 Å². The first-order valence-corrected chi connectivity index (χ1v) is 23.8. The topological polar surface area (TPSA) is 222 Å². The maximum Gasteiger partial charge on any atom is 0.329 e. The number of unbranched alkanes of at least 4 members (excludes halogenated alkanes) is 4. The normalized spacial score (nSPS) is 18.8. The Balaban J connectivity index is 1.45. The molecule has 1 saturated heterocycles. The molecule has 18 heteroatoms. The molecular weight excluding hydrogens is 879 g/mol. The fourth-order valence-electron chi connectivity index (χ4n) is 7.62. The maximum atomic E-state index is 14.2. The molecule has 18 nitrogen and oxygen atoms in total. The first-order valence-electron chi connectivity index (χ1n) is 23.8. The van der Waals surface area contributed by atoms with Crippen molar-refractivity contribution in [2.24, 2.45) is 17.8 Å². The Kier molecular flexibility index (Phi) is 24.1. The smallest absolute Gasteiger partial charge is 0.329 e. The first-order chi connectivity index (χ1) is 32.8. The van der Waals surface area contributed by atoms with Crippen LogP contribution in [0.25, 0.3) is 0 Å². The van der Waals surface area contributed by atoms with Gasteiger partial charge in [0, 0.05) is 25.7 Å². The molecule has 1 aliphatic rings. The van der Waals surface area contributed by atoms with E-state index < -0.39 is 66.8 Å². The van der Waals surface area contributed by atoms with Gasteiger partial charge in [-0.25, -0.2) is 9.48 Å². The van der Waals surface area contributed by atoms with E-state index in [9.17, 15) is 28.8 Å². The molecule has 374 valence electrons. The lowest BCUT2D eigenvalue weighted by Gasteiger charge is -2.43. The third-order valence-corrected chi connectivity index (χ3v) is 11.7. The number of nitrogens with zero attached hydrogens (tertiary/aromatic N) is 3. The van der Waals surface area contributed by atoms with Crippen molar-refractivity contribution in [2.75, 3.05) is 19.8 Å². The molecule has 4 rings (SSSR count). The Labute approximate surface area is 399 Å². The largest absolute Gasteiger partial charge is 0.463 e. The second kappa shape index (κ2) is 29.9. The second-order valence-electron chi connectivity index (χ2n) is 17.3. The summed E-state index contributed by atoms with van der Waals surface area (Å²) in [4.78, 5) is 78.4. The van der Waals surface area contributed by atoms with Gasteiger partial charge in [0.15, 0.2) is 12.4 Å². The van der Waals surface area contributed by atoms with E-state index in [-0.39, 0.29) is 69.8 Å². The average Bonchev–Trinajstić information content (AvgIpc) is 3.78. The number of benzene rings is 2. The van der Waals surface area contributed by atoms with Crippen LogP contribution in [0, 0.1) is 17.8 Å². The van der Waals surface area contributed by atoms with Crippen molar-refractivity contribution in [1.82, 2.24) is 25.6 Å². The highest BCUT2D eigenvalue weighted by Gasteiger charge is 2.44. The summed E-state index contributed by atoms with van der Waals surface area (Å²) in [5.41, 5.74) is 1.86. The molecule has 0 radical (unpaired) electrons. The van der Waals surface area contributed by atoms with E-state index in [0.29, 0.717) is 24.1 Å². The summed E-state index contributed by atoms with van der Waals surface area (Å²) in [5.74, 6) is -4.20. The molecule has 2 N–H and O–H groups in total. The number of amides is 2. The Bertz CT molecular complexity index is 1990. The molecule has 1 aromatic heterocycles. The molecule has 0 spiro atoms. The monoisotopic (exact) mass is 950 g/mol. The number of carbonyl (C=O) groups is 6. The highest BCUT2D eigenvalue weighted by Crippen LogP contribution is 2.33. The minimum Gasteiger partial charge on any atom is -0.463 e. The molecule has 2 amide bonds. The average molecular weight is 950 g/mol. The van der Waals surface area contributed by atoms with Crippen molar-refractivity contribution in [1.29, 1.82) is 0 Å². The van der Waals surface area contributed by atoms with E-state index in [1.54, 1.807) is 42.6 Å². The minimum absolute atomic E-state index is 0.0241. The van der Waals surface area contributed by atoms with Crippen molar-refractivity contribution in [2.45, 2.75) is 156 Å². The van der Waals surface area contributed by atoms with Crippen LogP contribution in [-0.2, 0) is 88.3 Å². The van der Waals surface area contributed by atoms with Crippen LogP contribution in [0.2, 0.25) is 0 Å². The number of nitrogens with one attached hydrogen (secondary N) is 2. The van der Waals surface area contributed by atoms with Crippen molar-refractivity contribution < 1.29 is 61.9 Å². The SMILES string of the molecule is CCCCCC(CCCCC)C(=O)N[C@@H](COCc1cn(CCO[C@@H]2OC(COC(C)=O)[C@@H](C)[C@H](C)C2OC(C)=O)nn1)C(=O)N[C@H](CC(=O)OCc1ccccc1)C(=O)OCc1ccccc1. The summed E-state index contributed by atoms with van der Waals surface area (Å²) >= 11 is 0. The third-order valence-electron chi connectivity index (χ3n) is 11.7. The summed E-state index contributed by atoms with van der Waals surface area (Å²) in [5, 5.41) is 13.9. The van der Waals surface area contributed by atoms with Crippen molar-refractivity contribution in [3.05, 3.63) is 83.7 Å². The molecule has 0 bridgehead atoms. The van der Waals surface area contributed by atoms with Gasteiger partial charge in [0.05, 0.1) is 45.1 Å². The molecule has 0 aliphatic carbocycles. The first kappa shape index (κ1) is 54.9. The van der Waals surface area contributed by atoms with E-state index in [0.717, 1.165) is 44.1 Å². The highest BCUT2D eigenvalue weighted by atomic mass is 16.7. The van der Waals surface area contributed by atoms with Crippen LogP contribution in [0.3, 0.4) is 0 Å². The summed E-state index contributed by atoms with van der Waals surface area (Å²) < 4.78 is 41.5. The lowest BCUT2D eigenvalue weighted by molar-refractivity contribution is -0.280. The Hall–Kier alpha value is -5.72. The van der Waals surface area contributed by atoms with Crippen molar-refractivity contribution in [3.63, 3.8) is 0 Å². The predicted octanol–water partition coefficient (Wildman–Crippen LogP) is 5.93. The second-order valence-corrected chi connectivity index (χ2v) is 17.3. The fourth-order valence-corrected chi connectivity index (χ4v) is 7.62. The number of ether oxygens (including phenoxy) is 7. The van der Waals surface area contributed by atoms with Crippen molar-refractivity contribution in [3.8, 4) is 0 Å². The molecule has 68 heavy (non-hydrogen) atoms. The lowest BCUT2D eigenvalue weighted by Crippen LogP contribution is -2.55. The van der Waals surface area contributed by atoms with Crippen LogP contribution < -0.4 is 10.6 Å². The van der Waals surface area contributed by atoms with E-state index in [4.69, 9.17) is 33.2 Å². The van der Waals surface area contributed by atoms with Crippen LogP contribution in [-0.4, -0.2) is 101 Å². The number of aromatic nitrogens is 3. The molecule has 7 atom stereocenters. The summed E-state index contributed by atoms with van der Waals surface area (Å²) in [6, 6.07) is 15.3. The van der Waals surface area contributed by atoms with Crippen LogP contribution in [0.15, 0.2) is 66.9 Å². The zero-order valence-corrected chi connectivity index (χ0v) is 40.4. The molecule has 1 fully saturated rings. The molecule has 2 heterocycles. The van der Waals surface area contributed by atoms with Gasteiger partial charge in [0.1, 0.15) is 37.6 Å². The number of hydrogen-bond donors (Lipinski definition) is 2. The van der Waals surface area contributed by atoms with Gasteiger partial charge in [-0.15, -0.1) is 5.10 Å². The summed E-state index contributed by atoms with van der Waals surface area (Å²) in [6.07, 6.45) is 5.89. The van der Waals surface area contributed by atoms with Gasteiger partial charge in [-0.1, -0.05) is 132 Å². The number of rotatable bonds is 30. The van der Waals surface area contributed by atoms with Gasteiger partial charge < -0.3 is 43.8 Å². The molecular formula is C50H71N5O13.